The molecule has 21 heavy (non-hydrogen) atoms. The Hall–Kier alpha value is -2.39. The van der Waals surface area contributed by atoms with Crippen LogP contribution in [0.5, 0.6) is 5.75 Å². The Morgan fingerprint density at radius 2 is 2.00 bits per heavy atom. The number of benzene rings is 1. The first kappa shape index (κ1) is 15.0. The molecule has 110 valence electrons. The predicted octanol–water partition coefficient (Wildman–Crippen LogP) is 2.15. The number of sulfonamides is 1. The molecule has 0 bridgehead atoms. The molecule has 0 saturated heterocycles. The summed E-state index contributed by atoms with van der Waals surface area (Å²) >= 11 is 5.79. The number of hydrogen-bond acceptors (Lipinski definition) is 6. The summed E-state index contributed by atoms with van der Waals surface area (Å²) < 4.78 is 26.2. The Balaban J connectivity index is 2.38. The summed E-state index contributed by atoms with van der Waals surface area (Å²) in [5.41, 5.74) is -0.465. The molecule has 0 aliphatic heterocycles. The topological polar surface area (TPSA) is 122 Å². The second-order valence-electron chi connectivity index (χ2n) is 3.85. The number of nitro groups is 1. The fourth-order valence-electron chi connectivity index (χ4n) is 1.47. The molecule has 2 rings (SSSR count). The van der Waals surface area contributed by atoms with Crippen molar-refractivity contribution >= 4 is 33.1 Å². The number of aromatic nitrogens is 1. The number of nitrogens with zero attached hydrogens (tertiary/aromatic N) is 2. The Bertz CT molecular complexity index is 809. The van der Waals surface area contributed by atoms with Crippen molar-refractivity contribution in [3.8, 4) is 5.75 Å². The summed E-state index contributed by atoms with van der Waals surface area (Å²) in [6, 6.07) is 6.48. The van der Waals surface area contributed by atoms with Gasteiger partial charge in [-0.25, -0.2) is 13.4 Å². The summed E-state index contributed by atoms with van der Waals surface area (Å²) in [5.74, 6) is -1.10. The van der Waals surface area contributed by atoms with Gasteiger partial charge < -0.3 is 5.11 Å². The van der Waals surface area contributed by atoms with Crippen molar-refractivity contribution in [2.75, 3.05) is 4.72 Å². The van der Waals surface area contributed by atoms with Crippen LogP contribution in [-0.2, 0) is 10.0 Å². The van der Waals surface area contributed by atoms with Crippen LogP contribution in [0.25, 0.3) is 0 Å². The molecule has 0 amide bonds. The normalized spacial score (nSPS) is 11.1. The van der Waals surface area contributed by atoms with Gasteiger partial charge in [0.15, 0.2) is 11.6 Å². The van der Waals surface area contributed by atoms with Crippen molar-refractivity contribution < 1.29 is 18.4 Å². The smallest absolute Gasteiger partial charge is 0.291 e. The maximum absolute atomic E-state index is 12.1. The largest absolute Gasteiger partial charge is 0.504 e. The highest BCUT2D eigenvalue weighted by Crippen LogP contribution is 2.28. The molecular weight excluding hydrogens is 322 g/mol. The van der Waals surface area contributed by atoms with Gasteiger partial charge in [0.25, 0.3) is 15.7 Å². The van der Waals surface area contributed by atoms with Crippen LogP contribution in [0.1, 0.15) is 0 Å². The highest BCUT2D eigenvalue weighted by molar-refractivity contribution is 7.92. The van der Waals surface area contributed by atoms with E-state index in [9.17, 15) is 23.6 Å². The Morgan fingerprint density at radius 3 is 2.57 bits per heavy atom. The number of halogens is 1. The van der Waals surface area contributed by atoms with Crippen LogP contribution in [0.15, 0.2) is 41.4 Å². The van der Waals surface area contributed by atoms with E-state index in [1.807, 2.05) is 4.72 Å². The van der Waals surface area contributed by atoms with E-state index in [2.05, 4.69) is 4.98 Å². The summed E-state index contributed by atoms with van der Waals surface area (Å²) in [6.45, 7) is 0. The van der Waals surface area contributed by atoms with E-state index >= 15 is 0 Å². The molecule has 2 aromatic rings. The minimum absolute atomic E-state index is 0.00796. The molecular formula is C11H8ClN3O5S. The number of aromatic hydroxyl groups is 1. The third-order valence-electron chi connectivity index (χ3n) is 2.42. The number of rotatable bonds is 4. The lowest BCUT2D eigenvalue weighted by Crippen LogP contribution is -2.14. The van der Waals surface area contributed by atoms with Crippen LogP contribution in [0.4, 0.5) is 11.5 Å². The van der Waals surface area contributed by atoms with Crippen molar-refractivity contribution in [1.29, 1.82) is 0 Å². The van der Waals surface area contributed by atoms with E-state index in [-0.39, 0.29) is 9.92 Å². The van der Waals surface area contributed by atoms with Gasteiger partial charge in [0.2, 0.25) is 0 Å². The van der Waals surface area contributed by atoms with E-state index < -0.39 is 32.2 Å². The highest BCUT2D eigenvalue weighted by Gasteiger charge is 2.21. The quantitative estimate of drug-likeness (QED) is 0.654. The summed E-state index contributed by atoms with van der Waals surface area (Å²) in [7, 11) is -4.07. The molecule has 0 spiro atoms. The first-order chi connectivity index (χ1) is 9.81. The zero-order valence-electron chi connectivity index (χ0n) is 10.2. The number of hydrogen-bond donors (Lipinski definition) is 2. The van der Waals surface area contributed by atoms with Crippen LogP contribution in [0, 0.1) is 10.1 Å². The molecule has 0 radical (unpaired) electrons. The summed E-state index contributed by atoms with van der Waals surface area (Å²) in [5, 5.41) is 20.1. The average molecular weight is 330 g/mol. The van der Waals surface area contributed by atoms with Crippen molar-refractivity contribution in [3.05, 3.63) is 51.7 Å². The first-order valence-corrected chi connectivity index (χ1v) is 7.28. The van der Waals surface area contributed by atoms with Gasteiger partial charge in [0.05, 0.1) is 16.0 Å². The molecule has 1 heterocycles. The molecule has 0 saturated carbocycles. The molecule has 0 aliphatic carbocycles. The SMILES string of the molecule is O=[N+]([O-])c1cnc(NS(=O)(=O)c2ccccc2Cl)c(O)c1. The third kappa shape index (κ3) is 3.20. The van der Waals surface area contributed by atoms with Gasteiger partial charge >= 0.3 is 0 Å². The fourth-order valence-corrected chi connectivity index (χ4v) is 3.01. The van der Waals surface area contributed by atoms with E-state index in [1.54, 1.807) is 6.07 Å². The minimum atomic E-state index is -4.07. The van der Waals surface area contributed by atoms with Crippen LogP contribution in [0.3, 0.4) is 0 Å². The lowest BCUT2D eigenvalue weighted by atomic mass is 10.4. The molecule has 0 atom stereocenters. The second-order valence-corrected chi connectivity index (χ2v) is 5.91. The van der Waals surface area contributed by atoms with Crippen LogP contribution >= 0.6 is 11.6 Å². The zero-order chi connectivity index (χ0) is 15.6. The van der Waals surface area contributed by atoms with Gasteiger partial charge in [-0.2, -0.15) is 0 Å². The van der Waals surface area contributed by atoms with Crippen molar-refractivity contribution in [2.45, 2.75) is 4.90 Å². The number of pyridine rings is 1. The first-order valence-electron chi connectivity index (χ1n) is 5.42. The Kier molecular flexibility index (Phi) is 3.96. The molecule has 1 aromatic heterocycles. The molecule has 2 N–H and O–H groups in total. The Labute approximate surface area is 124 Å². The molecule has 0 aliphatic rings. The standard InChI is InChI=1S/C11H8ClN3O5S/c12-8-3-1-2-4-10(8)21(19,20)14-11-9(16)5-7(6-13-11)15(17)18/h1-6,16H,(H,13,14). The second kappa shape index (κ2) is 5.54. The molecule has 0 fully saturated rings. The van der Waals surface area contributed by atoms with Crippen molar-refractivity contribution in [3.63, 3.8) is 0 Å². The van der Waals surface area contributed by atoms with Gasteiger partial charge in [-0.1, -0.05) is 23.7 Å². The Morgan fingerprint density at radius 1 is 1.33 bits per heavy atom. The van der Waals surface area contributed by atoms with E-state index in [1.165, 1.54) is 18.2 Å². The van der Waals surface area contributed by atoms with E-state index in [4.69, 9.17) is 11.6 Å². The molecule has 8 nitrogen and oxygen atoms in total. The van der Waals surface area contributed by atoms with Crippen LogP contribution in [-0.4, -0.2) is 23.4 Å². The maximum atomic E-state index is 12.1. The average Bonchev–Trinajstić information content (AvgIpc) is 2.41. The highest BCUT2D eigenvalue weighted by atomic mass is 35.5. The lowest BCUT2D eigenvalue weighted by molar-refractivity contribution is -0.385. The van der Waals surface area contributed by atoms with E-state index in [0.717, 1.165) is 12.3 Å². The van der Waals surface area contributed by atoms with Gasteiger partial charge in [0.1, 0.15) is 11.1 Å². The van der Waals surface area contributed by atoms with Crippen molar-refractivity contribution in [2.24, 2.45) is 0 Å². The number of anilines is 1. The molecule has 1 aromatic carbocycles. The number of nitrogens with one attached hydrogen (secondary N) is 1. The van der Waals surface area contributed by atoms with Gasteiger partial charge in [0, 0.05) is 0 Å². The minimum Gasteiger partial charge on any atom is -0.504 e. The lowest BCUT2D eigenvalue weighted by Gasteiger charge is -2.09. The van der Waals surface area contributed by atoms with Gasteiger partial charge in [-0.15, -0.1) is 0 Å². The van der Waals surface area contributed by atoms with E-state index in [0.29, 0.717) is 0 Å². The van der Waals surface area contributed by atoms with Crippen molar-refractivity contribution in [1.82, 2.24) is 4.98 Å². The molecule has 10 heteroatoms. The monoisotopic (exact) mass is 329 g/mol. The van der Waals surface area contributed by atoms with Crippen LogP contribution in [0.2, 0.25) is 5.02 Å². The predicted molar refractivity (Wildman–Crippen MR) is 74.8 cm³/mol. The van der Waals surface area contributed by atoms with Crippen LogP contribution < -0.4 is 4.72 Å². The summed E-state index contributed by atoms with van der Waals surface area (Å²) in [4.78, 5) is 13.1. The third-order valence-corrected chi connectivity index (χ3v) is 4.26. The fraction of sp³-hybridized carbons (Fsp3) is 0. The summed E-state index contributed by atoms with van der Waals surface area (Å²) in [6.07, 6.45) is 0.824. The van der Waals surface area contributed by atoms with Gasteiger partial charge in [-0.05, 0) is 12.1 Å². The van der Waals surface area contributed by atoms with Gasteiger partial charge in [-0.3, -0.25) is 14.8 Å². The zero-order valence-corrected chi connectivity index (χ0v) is 11.8. The maximum Gasteiger partial charge on any atom is 0.291 e. The molecule has 0 unspecified atom stereocenters.